The molecule has 17 heavy (non-hydrogen) atoms. The van der Waals surface area contributed by atoms with Crippen LogP contribution in [0.5, 0.6) is 0 Å². The first-order chi connectivity index (χ1) is 8.27. The molecule has 1 saturated heterocycles. The van der Waals surface area contributed by atoms with Gasteiger partial charge in [0.2, 0.25) is 0 Å². The fraction of sp³-hybridized carbons (Fsp3) is 1.00. The van der Waals surface area contributed by atoms with Gasteiger partial charge in [0.25, 0.3) is 0 Å². The average Bonchev–Trinajstić information content (AvgIpc) is 2.76. The van der Waals surface area contributed by atoms with Crippen LogP contribution in [0.15, 0.2) is 0 Å². The molecule has 0 spiro atoms. The normalized spacial score (nSPS) is 37.9. The second-order valence-corrected chi connectivity index (χ2v) is 6.79. The van der Waals surface area contributed by atoms with E-state index < -0.39 is 0 Å². The van der Waals surface area contributed by atoms with Crippen molar-refractivity contribution in [2.75, 3.05) is 13.1 Å². The van der Waals surface area contributed by atoms with E-state index in [1.807, 2.05) is 0 Å². The zero-order valence-electron chi connectivity index (χ0n) is 11.2. The fourth-order valence-electron chi connectivity index (χ4n) is 4.57. The Balaban J connectivity index is 1.64. The van der Waals surface area contributed by atoms with Gasteiger partial charge in [-0.1, -0.05) is 25.7 Å². The Morgan fingerprint density at radius 2 is 1.65 bits per heavy atom. The van der Waals surface area contributed by atoms with Crippen LogP contribution in [0.4, 0.5) is 0 Å². The zero-order chi connectivity index (χ0) is 11.7. The van der Waals surface area contributed by atoms with Gasteiger partial charge < -0.3 is 5.73 Å². The predicted octanol–water partition coefficient (Wildman–Crippen LogP) is 2.91. The standard InChI is InChI=1S/C15H28N2/c16-15(9-3-4-10-15)12-17-11-5-7-13-6-1-2-8-14(13)17/h13-14H,1-12,16H2. The van der Waals surface area contributed by atoms with E-state index >= 15 is 0 Å². The Bertz CT molecular complexity index is 256. The summed E-state index contributed by atoms with van der Waals surface area (Å²) in [7, 11) is 0. The molecule has 0 radical (unpaired) electrons. The molecule has 2 unspecified atom stereocenters. The first-order valence-electron chi connectivity index (χ1n) is 7.80. The van der Waals surface area contributed by atoms with E-state index in [4.69, 9.17) is 5.73 Å². The minimum Gasteiger partial charge on any atom is -0.324 e. The maximum Gasteiger partial charge on any atom is 0.0283 e. The van der Waals surface area contributed by atoms with E-state index in [-0.39, 0.29) is 5.54 Å². The van der Waals surface area contributed by atoms with Crippen molar-refractivity contribution in [3.05, 3.63) is 0 Å². The molecule has 3 aliphatic rings. The number of nitrogens with two attached hydrogens (primary N) is 1. The maximum atomic E-state index is 6.57. The monoisotopic (exact) mass is 236 g/mol. The second kappa shape index (κ2) is 4.89. The summed E-state index contributed by atoms with van der Waals surface area (Å²) >= 11 is 0. The number of fused-ring (bicyclic) bond motifs is 1. The Kier molecular flexibility index (Phi) is 3.45. The molecular formula is C15H28N2. The Labute approximate surface area is 106 Å². The van der Waals surface area contributed by atoms with E-state index in [1.165, 1.54) is 77.3 Å². The van der Waals surface area contributed by atoms with Crippen LogP contribution >= 0.6 is 0 Å². The van der Waals surface area contributed by atoms with Gasteiger partial charge >= 0.3 is 0 Å². The van der Waals surface area contributed by atoms with Gasteiger partial charge in [0, 0.05) is 18.1 Å². The number of piperidine rings is 1. The quantitative estimate of drug-likeness (QED) is 0.799. The van der Waals surface area contributed by atoms with Crippen LogP contribution in [0, 0.1) is 5.92 Å². The van der Waals surface area contributed by atoms with Crippen molar-refractivity contribution in [3.63, 3.8) is 0 Å². The highest BCUT2D eigenvalue weighted by Gasteiger charge is 2.38. The molecule has 0 amide bonds. The third-order valence-electron chi connectivity index (χ3n) is 5.48. The first-order valence-corrected chi connectivity index (χ1v) is 7.80. The lowest BCUT2D eigenvalue weighted by molar-refractivity contribution is 0.0431. The van der Waals surface area contributed by atoms with Crippen LogP contribution < -0.4 is 5.73 Å². The van der Waals surface area contributed by atoms with E-state index in [0.29, 0.717) is 0 Å². The van der Waals surface area contributed by atoms with E-state index in [0.717, 1.165) is 12.0 Å². The van der Waals surface area contributed by atoms with Crippen molar-refractivity contribution in [3.8, 4) is 0 Å². The molecule has 0 bridgehead atoms. The lowest BCUT2D eigenvalue weighted by Gasteiger charge is -2.46. The van der Waals surface area contributed by atoms with Crippen LogP contribution in [-0.2, 0) is 0 Å². The lowest BCUT2D eigenvalue weighted by Crippen LogP contribution is -2.55. The molecule has 3 rings (SSSR count). The summed E-state index contributed by atoms with van der Waals surface area (Å²) in [6, 6.07) is 0.888. The summed E-state index contributed by atoms with van der Waals surface area (Å²) < 4.78 is 0. The number of hydrogen-bond donors (Lipinski definition) is 1. The molecule has 98 valence electrons. The second-order valence-electron chi connectivity index (χ2n) is 6.79. The van der Waals surface area contributed by atoms with E-state index in [2.05, 4.69) is 4.90 Å². The molecule has 2 heteroatoms. The predicted molar refractivity (Wildman–Crippen MR) is 71.9 cm³/mol. The number of hydrogen-bond acceptors (Lipinski definition) is 2. The SMILES string of the molecule is NC1(CN2CCCC3CCCCC32)CCCC1. The number of rotatable bonds is 2. The molecule has 0 aromatic heterocycles. The molecule has 2 atom stereocenters. The summed E-state index contributed by atoms with van der Waals surface area (Å²) in [6.45, 7) is 2.51. The molecule has 2 aliphatic carbocycles. The Morgan fingerprint density at radius 1 is 0.941 bits per heavy atom. The summed E-state index contributed by atoms with van der Waals surface area (Å²) in [6.07, 6.45) is 14.0. The summed E-state index contributed by atoms with van der Waals surface area (Å²) in [5.41, 5.74) is 6.74. The highest BCUT2D eigenvalue weighted by molar-refractivity contribution is 4.96. The third-order valence-corrected chi connectivity index (χ3v) is 5.48. The Hall–Kier alpha value is -0.0800. The van der Waals surface area contributed by atoms with Gasteiger partial charge in [-0.3, -0.25) is 4.90 Å². The third kappa shape index (κ3) is 2.53. The van der Waals surface area contributed by atoms with Crippen LogP contribution in [0.3, 0.4) is 0 Å². The van der Waals surface area contributed by atoms with Crippen molar-refractivity contribution < 1.29 is 0 Å². The summed E-state index contributed by atoms with van der Waals surface area (Å²) in [5, 5.41) is 0. The van der Waals surface area contributed by atoms with Gasteiger partial charge in [-0.25, -0.2) is 0 Å². The van der Waals surface area contributed by atoms with Gasteiger partial charge in [0.05, 0.1) is 0 Å². The summed E-state index contributed by atoms with van der Waals surface area (Å²) in [5.74, 6) is 1.00. The van der Waals surface area contributed by atoms with Crippen LogP contribution in [-0.4, -0.2) is 29.6 Å². The van der Waals surface area contributed by atoms with Crippen LogP contribution in [0.25, 0.3) is 0 Å². The fourth-order valence-corrected chi connectivity index (χ4v) is 4.57. The smallest absolute Gasteiger partial charge is 0.0283 e. The largest absolute Gasteiger partial charge is 0.324 e. The minimum atomic E-state index is 0.166. The molecule has 2 nitrogen and oxygen atoms in total. The number of nitrogens with zero attached hydrogens (tertiary/aromatic N) is 1. The molecule has 3 fully saturated rings. The van der Waals surface area contributed by atoms with Crippen LogP contribution in [0.2, 0.25) is 0 Å². The lowest BCUT2D eigenvalue weighted by atomic mass is 9.77. The van der Waals surface area contributed by atoms with Crippen molar-refractivity contribution in [2.45, 2.75) is 75.8 Å². The van der Waals surface area contributed by atoms with Gasteiger partial charge in [0.1, 0.15) is 0 Å². The van der Waals surface area contributed by atoms with Gasteiger partial charge in [-0.05, 0) is 51.0 Å². The van der Waals surface area contributed by atoms with Crippen LogP contribution in [0.1, 0.15) is 64.2 Å². The van der Waals surface area contributed by atoms with Crippen molar-refractivity contribution in [2.24, 2.45) is 11.7 Å². The molecular weight excluding hydrogens is 208 g/mol. The molecule has 1 aliphatic heterocycles. The molecule has 2 N–H and O–H groups in total. The molecule has 1 heterocycles. The van der Waals surface area contributed by atoms with E-state index in [1.54, 1.807) is 0 Å². The highest BCUT2D eigenvalue weighted by atomic mass is 15.2. The van der Waals surface area contributed by atoms with Gasteiger partial charge in [-0.2, -0.15) is 0 Å². The Morgan fingerprint density at radius 3 is 2.47 bits per heavy atom. The van der Waals surface area contributed by atoms with Crippen molar-refractivity contribution in [1.29, 1.82) is 0 Å². The minimum absolute atomic E-state index is 0.166. The number of likely N-dealkylation sites (tertiary alicyclic amines) is 1. The zero-order valence-corrected chi connectivity index (χ0v) is 11.2. The topological polar surface area (TPSA) is 29.3 Å². The first kappa shape index (κ1) is 12.0. The molecule has 0 aromatic carbocycles. The van der Waals surface area contributed by atoms with E-state index in [9.17, 15) is 0 Å². The van der Waals surface area contributed by atoms with Crippen molar-refractivity contribution in [1.82, 2.24) is 4.90 Å². The maximum absolute atomic E-state index is 6.57. The molecule has 2 saturated carbocycles. The van der Waals surface area contributed by atoms with Gasteiger partial charge in [0.15, 0.2) is 0 Å². The average molecular weight is 236 g/mol. The van der Waals surface area contributed by atoms with Crippen molar-refractivity contribution >= 4 is 0 Å². The summed E-state index contributed by atoms with van der Waals surface area (Å²) in [4.78, 5) is 2.78. The highest BCUT2D eigenvalue weighted by Crippen LogP contribution is 2.37. The molecule has 0 aromatic rings. The van der Waals surface area contributed by atoms with Gasteiger partial charge in [-0.15, -0.1) is 0 Å².